The molecule has 0 bridgehead atoms. The van der Waals surface area contributed by atoms with Gasteiger partial charge in [0.1, 0.15) is 0 Å². The van der Waals surface area contributed by atoms with Crippen molar-refractivity contribution in [3.05, 3.63) is 95.7 Å². The fraction of sp³-hybridized carbons (Fsp3) is 0.0385. The molecule has 8 nitrogen and oxygen atoms in total. The Hall–Kier alpha value is -4.69. The van der Waals surface area contributed by atoms with E-state index in [9.17, 15) is 14.4 Å². The second-order valence-electron chi connectivity index (χ2n) is 7.64. The highest BCUT2D eigenvalue weighted by Crippen LogP contribution is 2.35. The van der Waals surface area contributed by atoms with Crippen LogP contribution in [0.2, 0.25) is 0 Å². The number of aromatic nitrogens is 1. The fourth-order valence-electron chi connectivity index (χ4n) is 3.77. The third-order valence-electron chi connectivity index (χ3n) is 5.51. The predicted octanol–water partition coefficient (Wildman–Crippen LogP) is 2.79. The van der Waals surface area contributed by atoms with E-state index in [4.69, 9.17) is 17.2 Å². The zero-order valence-corrected chi connectivity index (χ0v) is 18.2. The zero-order valence-electron chi connectivity index (χ0n) is 18.2. The Morgan fingerprint density at radius 2 is 1.59 bits per heavy atom. The van der Waals surface area contributed by atoms with Crippen LogP contribution in [0.15, 0.2) is 79.0 Å². The molecule has 3 amide bonds. The van der Waals surface area contributed by atoms with E-state index in [0.29, 0.717) is 23.2 Å². The molecule has 0 unspecified atom stereocenters. The quantitative estimate of drug-likeness (QED) is 0.315. The van der Waals surface area contributed by atoms with Crippen molar-refractivity contribution in [3.8, 4) is 22.4 Å². The van der Waals surface area contributed by atoms with Crippen LogP contribution in [-0.4, -0.2) is 22.7 Å². The normalized spacial score (nSPS) is 11.9. The van der Waals surface area contributed by atoms with Crippen LogP contribution in [0.3, 0.4) is 0 Å². The van der Waals surface area contributed by atoms with Gasteiger partial charge in [-0.1, -0.05) is 42.5 Å². The summed E-state index contributed by atoms with van der Waals surface area (Å²) in [5, 5.41) is 3.24. The lowest BCUT2D eigenvalue weighted by Crippen LogP contribution is -2.22. The molecule has 0 saturated carbocycles. The highest BCUT2D eigenvalue weighted by molar-refractivity contribution is 6.10. The summed E-state index contributed by atoms with van der Waals surface area (Å²) in [6, 6.07) is 20.4. The van der Waals surface area contributed by atoms with Crippen molar-refractivity contribution in [2.24, 2.45) is 17.2 Å². The third kappa shape index (κ3) is 4.43. The number of hydrogen-bond donors (Lipinski definition) is 5. The molecule has 0 spiro atoms. The van der Waals surface area contributed by atoms with Gasteiger partial charge < -0.3 is 27.5 Å². The Morgan fingerprint density at radius 3 is 2.21 bits per heavy atom. The van der Waals surface area contributed by atoms with Gasteiger partial charge in [-0.2, -0.15) is 0 Å². The van der Waals surface area contributed by atoms with Gasteiger partial charge >= 0.3 is 0 Å². The van der Waals surface area contributed by atoms with Crippen LogP contribution < -0.4 is 22.5 Å². The minimum Gasteiger partial charge on any atom is -0.366 e. The Morgan fingerprint density at radius 1 is 0.853 bits per heavy atom. The van der Waals surface area contributed by atoms with Crippen LogP contribution in [0.25, 0.3) is 33.3 Å². The average Bonchev–Trinajstić information content (AvgIpc) is 3.28. The minimum absolute atomic E-state index is 0.00463. The molecule has 0 radical (unpaired) electrons. The maximum absolute atomic E-state index is 12.0. The van der Waals surface area contributed by atoms with Crippen molar-refractivity contribution < 1.29 is 14.4 Å². The molecular weight excluding hydrogens is 430 g/mol. The number of fused-ring (bicyclic) bond motifs is 1. The van der Waals surface area contributed by atoms with E-state index in [1.54, 1.807) is 30.5 Å². The second kappa shape index (κ2) is 9.43. The lowest BCUT2D eigenvalue weighted by Gasteiger charge is -2.10. The number of H-pyrrole nitrogens is 1. The van der Waals surface area contributed by atoms with E-state index in [1.807, 2.05) is 42.5 Å². The molecule has 0 saturated heterocycles. The molecule has 0 atom stereocenters. The Bertz CT molecular complexity index is 1450. The van der Waals surface area contributed by atoms with Crippen LogP contribution >= 0.6 is 0 Å². The number of nitrogens with two attached hydrogens (primary N) is 3. The number of primary amides is 2. The number of benzene rings is 3. The first-order valence-corrected chi connectivity index (χ1v) is 10.5. The predicted molar refractivity (Wildman–Crippen MR) is 131 cm³/mol. The van der Waals surface area contributed by atoms with Gasteiger partial charge in [0.2, 0.25) is 11.8 Å². The smallest absolute Gasteiger partial charge is 0.250 e. The van der Waals surface area contributed by atoms with Crippen molar-refractivity contribution in [2.75, 3.05) is 0 Å². The van der Waals surface area contributed by atoms with Crippen LogP contribution in [0.5, 0.6) is 0 Å². The maximum Gasteiger partial charge on any atom is 0.250 e. The Balaban J connectivity index is 0.000000486. The summed E-state index contributed by atoms with van der Waals surface area (Å²) in [5.41, 5.74) is 22.8. The van der Waals surface area contributed by atoms with Gasteiger partial charge in [-0.3, -0.25) is 14.4 Å². The van der Waals surface area contributed by atoms with Crippen molar-refractivity contribution in [1.29, 1.82) is 0 Å². The van der Waals surface area contributed by atoms with Gasteiger partial charge in [0, 0.05) is 35.5 Å². The number of hydrogen-bond acceptors (Lipinski definition) is 4. The first-order chi connectivity index (χ1) is 16.4. The Kier molecular flexibility index (Phi) is 6.24. The summed E-state index contributed by atoms with van der Waals surface area (Å²) >= 11 is 0. The molecule has 5 rings (SSSR count). The third-order valence-corrected chi connectivity index (χ3v) is 5.51. The number of carbonyl (C=O) groups excluding carboxylic acids is 3. The van der Waals surface area contributed by atoms with Gasteiger partial charge in [0.05, 0.1) is 11.1 Å². The SMILES string of the molecule is NCc1ccccc1-c1ccc(C(N)=O)c2[nH]c(-c3cccc(C(N)=O)c3)cc12.O=C1C=CN1. The van der Waals surface area contributed by atoms with Crippen LogP contribution in [0, 0.1) is 0 Å². The van der Waals surface area contributed by atoms with Crippen LogP contribution in [0.4, 0.5) is 0 Å². The summed E-state index contributed by atoms with van der Waals surface area (Å²) in [6.45, 7) is 0.396. The molecule has 1 aliphatic heterocycles. The highest BCUT2D eigenvalue weighted by atomic mass is 16.2. The van der Waals surface area contributed by atoms with Crippen molar-refractivity contribution in [1.82, 2.24) is 10.3 Å². The number of amides is 3. The number of carbonyl (C=O) groups is 3. The number of rotatable bonds is 5. The molecule has 8 heteroatoms. The summed E-state index contributed by atoms with van der Waals surface area (Å²) in [5.74, 6) is -1.02. The summed E-state index contributed by atoms with van der Waals surface area (Å²) < 4.78 is 0. The largest absolute Gasteiger partial charge is 0.366 e. The number of aromatic amines is 1. The molecule has 0 fully saturated rings. The van der Waals surface area contributed by atoms with Crippen molar-refractivity contribution >= 4 is 28.6 Å². The monoisotopic (exact) mass is 453 g/mol. The molecule has 8 N–H and O–H groups in total. The van der Waals surface area contributed by atoms with E-state index >= 15 is 0 Å². The first kappa shape index (κ1) is 22.5. The number of nitrogens with one attached hydrogen (secondary N) is 2. The van der Waals surface area contributed by atoms with Gasteiger partial charge in [0.15, 0.2) is 0 Å². The van der Waals surface area contributed by atoms with E-state index in [0.717, 1.165) is 33.3 Å². The van der Waals surface area contributed by atoms with Gasteiger partial charge in [-0.25, -0.2) is 0 Å². The summed E-state index contributed by atoms with van der Waals surface area (Å²) in [7, 11) is 0. The fourth-order valence-corrected chi connectivity index (χ4v) is 3.77. The first-order valence-electron chi connectivity index (χ1n) is 10.5. The average molecular weight is 454 g/mol. The minimum atomic E-state index is -0.520. The van der Waals surface area contributed by atoms with Crippen molar-refractivity contribution in [3.63, 3.8) is 0 Å². The molecule has 170 valence electrons. The molecule has 4 aromatic rings. The van der Waals surface area contributed by atoms with E-state index in [1.165, 1.54) is 6.08 Å². The van der Waals surface area contributed by atoms with E-state index in [2.05, 4.69) is 10.3 Å². The highest BCUT2D eigenvalue weighted by Gasteiger charge is 2.17. The molecule has 1 aliphatic rings. The molecule has 1 aromatic heterocycles. The molecule has 3 aromatic carbocycles. The standard InChI is InChI=1S/C23H20N4O2.C3H3NO/c24-12-15-4-1-2-7-16(15)17-8-9-18(23(26)29)21-19(17)11-20(27-21)13-5-3-6-14(10-13)22(25)28;5-3-1-2-4-3/h1-11,27H,12,24H2,(H2,25,28)(H2,26,29);1-2H,(H,4,5). The maximum atomic E-state index is 12.0. The van der Waals surface area contributed by atoms with Gasteiger partial charge in [-0.15, -0.1) is 0 Å². The molecular formula is C26H23N5O3. The summed E-state index contributed by atoms with van der Waals surface area (Å²) in [6.07, 6.45) is 3.07. The zero-order chi connectivity index (χ0) is 24.2. The second-order valence-corrected chi connectivity index (χ2v) is 7.64. The van der Waals surface area contributed by atoms with E-state index < -0.39 is 11.8 Å². The van der Waals surface area contributed by atoms with Crippen LogP contribution in [0.1, 0.15) is 26.3 Å². The Labute approximate surface area is 195 Å². The lowest BCUT2D eigenvalue weighted by molar-refractivity contribution is -0.117. The molecule has 0 aliphatic carbocycles. The lowest BCUT2D eigenvalue weighted by atomic mass is 9.95. The van der Waals surface area contributed by atoms with Crippen molar-refractivity contribution in [2.45, 2.75) is 6.54 Å². The summed E-state index contributed by atoms with van der Waals surface area (Å²) in [4.78, 5) is 36.5. The topological polar surface area (TPSA) is 157 Å². The molecule has 34 heavy (non-hydrogen) atoms. The van der Waals surface area contributed by atoms with Gasteiger partial charge in [0.25, 0.3) is 5.91 Å². The molecule has 2 heterocycles. The van der Waals surface area contributed by atoms with Crippen LogP contribution in [-0.2, 0) is 11.3 Å². The van der Waals surface area contributed by atoms with Gasteiger partial charge in [-0.05, 0) is 46.5 Å². The van der Waals surface area contributed by atoms with E-state index in [-0.39, 0.29) is 5.91 Å².